The number of carbonyl (C=O) groups excluding carboxylic acids is 3. The van der Waals surface area contributed by atoms with Gasteiger partial charge in [-0.05, 0) is 122 Å². The van der Waals surface area contributed by atoms with Crippen molar-refractivity contribution in [2.45, 2.75) is 297 Å². The Morgan fingerprint density at radius 3 is 0.753 bits per heavy atom. The molecular formula is C75H122O6. The summed E-state index contributed by atoms with van der Waals surface area (Å²) in [6.07, 6.45) is 97.3. The number of esters is 3. The number of hydrogen-bond acceptors (Lipinski definition) is 6. The number of unbranched alkanes of at least 4 members (excludes halogenated alkanes) is 24. The first-order valence-electron chi connectivity index (χ1n) is 33.3. The van der Waals surface area contributed by atoms with Crippen LogP contribution in [0.15, 0.2) is 146 Å². The molecule has 0 fully saturated rings. The highest BCUT2D eigenvalue weighted by Crippen LogP contribution is 2.16. The van der Waals surface area contributed by atoms with Crippen LogP contribution in [-0.4, -0.2) is 37.2 Å². The first kappa shape index (κ1) is 76.3. The molecule has 6 nitrogen and oxygen atoms in total. The molecule has 0 N–H and O–H groups in total. The van der Waals surface area contributed by atoms with E-state index in [1.165, 1.54) is 103 Å². The van der Waals surface area contributed by atoms with Crippen molar-refractivity contribution < 1.29 is 28.6 Å². The van der Waals surface area contributed by atoms with Crippen LogP contribution < -0.4 is 0 Å². The van der Waals surface area contributed by atoms with E-state index < -0.39 is 6.10 Å². The second-order valence-corrected chi connectivity index (χ2v) is 21.6. The van der Waals surface area contributed by atoms with E-state index in [-0.39, 0.29) is 31.1 Å². The molecule has 0 aromatic carbocycles. The Bertz CT molecular complexity index is 1760. The van der Waals surface area contributed by atoms with Crippen molar-refractivity contribution in [3.8, 4) is 0 Å². The van der Waals surface area contributed by atoms with Gasteiger partial charge in [0.2, 0.25) is 0 Å². The topological polar surface area (TPSA) is 78.9 Å². The van der Waals surface area contributed by atoms with Crippen molar-refractivity contribution in [2.24, 2.45) is 0 Å². The molecule has 0 bridgehead atoms. The van der Waals surface area contributed by atoms with Crippen molar-refractivity contribution in [2.75, 3.05) is 13.2 Å². The first-order chi connectivity index (χ1) is 40.0. The van der Waals surface area contributed by atoms with Crippen LogP contribution in [0.25, 0.3) is 0 Å². The lowest BCUT2D eigenvalue weighted by molar-refractivity contribution is -0.167. The fraction of sp³-hybridized carbons (Fsp3) is 0.640. The molecule has 0 aromatic rings. The molecule has 6 heteroatoms. The van der Waals surface area contributed by atoms with Crippen LogP contribution in [0.4, 0.5) is 0 Å². The monoisotopic (exact) mass is 1120 g/mol. The van der Waals surface area contributed by atoms with Gasteiger partial charge < -0.3 is 14.2 Å². The molecule has 0 aliphatic rings. The van der Waals surface area contributed by atoms with Gasteiger partial charge in [-0.1, -0.05) is 295 Å². The first-order valence-corrected chi connectivity index (χ1v) is 33.3. The van der Waals surface area contributed by atoms with E-state index in [1.807, 2.05) is 0 Å². The van der Waals surface area contributed by atoms with Gasteiger partial charge in [0, 0.05) is 19.3 Å². The minimum atomic E-state index is -0.796. The van der Waals surface area contributed by atoms with Crippen molar-refractivity contribution in [1.82, 2.24) is 0 Å². The Balaban J connectivity index is 4.25. The van der Waals surface area contributed by atoms with E-state index >= 15 is 0 Å². The molecule has 0 spiro atoms. The summed E-state index contributed by atoms with van der Waals surface area (Å²) in [6.45, 7) is 6.38. The molecule has 0 aliphatic carbocycles. The Morgan fingerprint density at radius 2 is 0.481 bits per heavy atom. The van der Waals surface area contributed by atoms with Gasteiger partial charge in [0.15, 0.2) is 6.10 Å². The van der Waals surface area contributed by atoms with E-state index in [0.29, 0.717) is 19.3 Å². The third kappa shape index (κ3) is 66.0. The Labute approximate surface area is 499 Å². The summed E-state index contributed by atoms with van der Waals surface area (Å²) in [5.41, 5.74) is 0. The third-order valence-electron chi connectivity index (χ3n) is 13.8. The van der Waals surface area contributed by atoms with Crippen LogP contribution in [0.1, 0.15) is 290 Å². The van der Waals surface area contributed by atoms with Gasteiger partial charge in [0.25, 0.3) is 0 Å². The van der Waals surface area contributed by atoms with E-state index in [4.69, 9.17) is 14.2 Å². The zero-order chi connectivity index (χ0) is 58.5. The molecule has 0 heterocycles. The van der Waals surface area contributed by atoms with Crippen LogP contribution in [0, 0.1) is 0 Å². The molecule has 81 heavy (non-hydrogen) atoms. The van der Waals surface area contributed by atoms with E-state index in [1.54, 1.807) is 0 Å². The third-order valence-corrected chi connectivity index (χ3v) is 13.8. The average Bonchev–Trinajstić information content (AvgIpc) is 3.47. The van der Waals surface area contributed by atoms with E-state index in [0.717, 1.165) is 148 Å². The average molecular weight is 1120 g/mol. The quantitative estimate of drug-likeness (QED) is 0.0261. The van der Waals surface area contributed by atoms with Crippen LogP contribution in [0.5, 0.6) is 0 Å². The van der Waals surface area contributed by atoms with Crippen molar-refractivity contribution in [3.63, 3.8) is 0 Å². The van der Waals surface area contributed by atoms with Gasteiger partial charge in [-0.3, -0.25) is 14.4 Å². The van der Waals surface area contributed by atoms with Crippen LogP contribution in [0.2, 0.25) is 0 Å². The Kier molecular flexibility index (Phi) is 63.9. The maximum atomic E-state index is 12.9. The van der Waals surface area contributed by atoms with Crippen LogP contribution >= 0.6 is 0 Å². The summed E-state index contributed by atoms with van der Waals surface area (Å²) in [4.78, 5) is 38.2. The maximum absolute atomic E-state index is 12.9. The standard InChI is InChI=1S/C75H122O6/c1-4-7-10-13-16-19-21-23-25-27-29-31-33-34-35-36-37-38-39-40-42-43-45-47-49-51-53-56-59-62-65-68-74(77)80-71-72(70-79-73(76)67-64-61-58-55-18-15-12-9-6-3)81-75(78)69-66-63-60-57-54-52-50-48-46-44-41-32-30-28-26-24-22-20-17-14-11-8-5-2/h7-8,10-11,16-17,19-20,23-26,29-32,34-35,37-38,44,46,50,52,72H,4-6,9,12-15,18,21-22,27-28,33,36,39-43,45,47-49,51,53-71H2,1-3H3/b10-7-,11-8-,19-16-,20-17-,25-23-,26-24-,31-29-,32-30-,35-34-,38-37-,46-44-,52-50-. The molecular weight excluding hydrogens is 997 g/mol. The molecule has 458 valence electrons. The van der Waals surface area contributed by atoms with Gasteiger partial charge in [0.05, 0.1) is 0 Å². The van der Waals surface area contributed by atoms with Crippen LogP contribution in [-0.2, 0) is 28.6 Å². The van der Waals surface area contributed by atoms with E-state index in [2.05, 4.69) is 167 Å². The predicted octanol–water partition coefficient (Wildman–Crippen LogP) is 23.1. The van der Waals surface area contributed by atoms with Crippen molar-refractivity contribution in [1.29, 1.82) is 0 Å². The molecule has 1 atom stereocenters. The zero-order valence-electron chi connectivity index (χ0n) is 52.5. The SMILES string of the molecule is CC/C=C\C/C=C\C/C=C\C/C=C\C/C=C\C/C=C\CCCCCCCCCCCCCCC(=O)OCC(COC(=O)CCCCCCCCCCC)OC(=O)CCCCCC/C=C\C/C=C\C/C=C\C/C=C\C/C=C\C/C=C\CC. The Hall–Kier alpha value is -4.71. The molecule has 1 unspecified atom stereocenters. The van der Waals surface area contributed by atoms with Gasteiger partial charge >= 0.3 is 17.9 Å². The minimum Gasteiger partial charge on any atom is -0.462 e. The second kappa shape index (κ2) is 67.8. The minimum absolute atomic E-state index is 0.0910. The molecule has 0 aromatic heterocycles. The fourth-order valence-electron chi connectivity index (χ4n) is 8.92. The molecule has 0 saturated heterocycles. The van der Waals surface area contributed by atoms with Gasteiger partial charge in [-0.15, -0.1) is 0 Å². The molecule has 0 aliphatic heterocycles. The Morgan fingerprint density at radius 1 is 0.259 bits per heavy atom. The fourth-order valence-corrected chi connectivity index (χ4v) is 8.92. The lowest BCUT2D eigenvalue weighted by Gasteiger charge is -2.18. The highest BCUT2D eigenvalue weighted by molar-refractivity contribution is 5.71. The predicted molar refractivity (Wildman–Crippen MR) is 352 cm³/mol. The summed E-state index contributed by atoms with van der Waals surface area (Å²) >= 11 is 0. The summed E-state index contributed by atoms with van der Waals surface area (Å²) < 4.78 is 16.9. The smallest absolute Gasteiger partial charge is 0.306 e. The maximum Gasteiger partial charge on any atom is 0.306 e. The molecule has 0 saturated carbocycles. The largest absolute Gasteiger partial charge is 0.462 e. The normalized spacial score (nSPS) is 13.1. The summed E-state index contributed by atoms with van der Waals surface area (Å²) in [5, 5.41) is 0. The second-order valence-electron chi connectivity index (χ2n) is 21.6. The van der Waals surface area contributed by atoms with Crippen molar-refractivity contribution in [3.05, 3.63) is 146 Å². The number of ether oxygens (including phenoxy) is 3. The zero-order valence-corrected chi connectivity index (χ0v) is 52.5. The summed E-state index contributed by atoms with van der Waals surface area (Å²) in [7, 11) is 0. The number of rotatable bonds is 59. The highest BCUT2D eigenvalue weighted by atomic mass is 16.6. The van der Waals surface area contributed by atoms with Gasteiger partial charge in [0.1, 0.15) is 13.2 Å². The number of hydrogen-bond donors (Lipinski definition) is 0. The van der Waals surface area contributed by atoms with E-state index in [9.17, 15) is 14.4 Å². The van der Waals surface area contributed by atoms with Gasteiger partial charge in [-0.25, -0.2) is 0 Å². The van der Waals surface area contributed by atoms with Gasteiger partial charge in [-0.2, -0.15) is 0 Å². The van der Waals surface area contributed by atoms with Crippen molar-refractivity contribution >= 4 is 17.9 Å². The summed E-state index contributed by atoms with van der Waals surface area (Å²) in [5.74, 6) is -0.919. The number of carbonyl (C=O) groups is 3. The molecule has 0 radical (unpaired) electrons. The summed E-state index contributed by atoms with van der Waals surface area (Å²) in [6, 6.07) is 0. The number of allylic oxidation sites excluding steroid dienone is 24. The highest BCUT2D eigenvalue weighted by Gasteiger charge is 2.19. The molecule has 0 rings (SSSR count). The molecule has 0 amide bonds. The van der Waals surface area contributed by atoms with Crippen LogP contribution in [0.3, 0.4) is 0 Å². The lowest BCUT2D eigenvalue weighted by atomic mass is 10.0. The lowest BCUT2D eigenvalue weighted by Crippen LogP contribution is -2.30.